The van der Waals surface area contributed by atoms with E-state index in [4.69, 9.17) is 32.7 Å². The largest absolute Gasteiger partial charge is 0.492 e. The van der Waals surface area contributed by atoms with E-state index in [1.165, 1.54) is 0 Å². The number of hydrogen-bond donors (Lipinski definition) is 2. The number of amides is 2. The number of rotatable bonds is 7. The molecule has 0 bridgehead atoms. The minimum atomic E-state index is -0.389. The Morgan fingerprint density at radius 1 is 1.12 bits per heavy atom. The number of carbonyl (C=O) groups is 1. The van der Waals surface area contributed by atoms with Gasteiger partial charge in [-0.3, -0.25) is 9.58 Å². The van der Waals surface area contributed by atoms with E-state index in [1.54, 1.807) is 41.2 Å². The van der Waals surface area contributed by atoms with Crippen molar-refractivity contribution in [2.45, 2.75) is 0 Å². The quantitative estimate of drug-likeness (QED) is 0.500. The van der Waals surface area contributed by atoms with Crippen LogP contribution in [0.5, 0.6) is 5.75 Å². The third-order valence-electron chi connectivity index (χ3n) is 5.24. The summed E-state index contributed by atoms with van der Waals surface area (Å²) in [6.07, 6.45) is 1.58. The molecule has 2 aromatic carbocycles. The molecule has 3 aromatic rings. The highest BCUT2D eigenvalue weighted by Crippen LogP contribution is 2.36. The van der Waals surface area contributed by atoms with Gasteiger partial charge in [-0.15, -0.1) is 0 Å². The Morgan fingerprint density at radius 2 is 1.88 bits per heavy atom. The molecule has 2 heterocycles. The molecule has 0 saturated carbocycles. The lowest BCUT2D eigenvalue weighted by Crippen LogP contribution is -2.38. The van der Waals surface area contributed by atoms with Gasteiger partial charge >= 0.3 is 6.03 Å². The van der Waals surface area contributed by atoms with Gasteiger partial charge in [0.05, 0.1) is 30.1 Å². The summed E-state index contributed by atoms with van der Waals surface area (Å²) >= 11 is 12.4. The number of morpholine rings is 1. The number of halogens is 2. The molecule has 1 aliphatic rings. The highest BCUT2D eigenvalue weighted by atomic mass is 35.5. The van der Waals surface area contributed by atoms with Gasteiger partial charge in [0.2, 0.25) is 0 Å². The standard InChI is InChI=1S/C23H25Cl2N5O3/c1-29-22(20(25)15-26-29)19-14-18(28-23(31)27-17-4-2-3-16(24)13-17)5-6-21(19)33-12-9-30-7-10-32-11-8-30/h2-6,13-15H,7-12H2,1H3,(H2,27,28,31). The number of aryl methyl sites for hydroxylation is 1. The normalized spacial score (nSPS) is 14.2. The molecule has 8 nitrogen and oxygen atoms in total. The Balaban J connectivity index is 1.50. The molecule has 0 spiro atoms. The van der Waals surface area contributed by atoms with E-state index in [1.807, 2.05) is 19.2 Å². The van der Waals surface area contributed by atoms with Crippen LogP contribution in [0, 0.1) is 0 Å². The van der Waals surface area contributed by atoms with Gasteiger partial charge in [0, 0.05) is 48.6 Å². The van der Waals surface area contributed by atoms with Gasteiger partial charge in [0.25, 0.3) is 0 Å². The fourth-order valence-corrected chi connectivity index (χ4v) is 4.06. The molecule has 0 unspecified atom stereocenters. The van der Waals surface area contributed by atoms with Gasteiger partial charge < -0.3 is 20.1 Å². The second-order valence-electron chi connectivity index (χ2n) is 7.57. The second kappa shape index (κ2) is 10.9. The molecule has 10 heteroatoms. The lowest BCUT2D eigenvalue weighted by Gasteiger charge is -2.26. The van der Waals surface area contributed by atoms with E-state index in [9.17, 15) is 4.79 Å². The van der Waals surface area contributed by atoms with Crippen molar-refractivity contribution in [3.05, 3.63) is 58.7 Å². The number of ether oxygens (including phenoxy) is 2. The minimum absolute atomic E-state index is 0.389. The van der Waals surface area contributed by atoms with Crippen LogP contribution in [0.4, 0.5) is 16.2 Å². The van der Waals surface area contributed by atoms with Gasteiger partial charge in [-0.2, -0.15) is 5.10 Å². The van der Waals surface area contributed by atoms with Gasteiger partial charge in [0.15, 0.2) is 0 Å². The Bertz CT molecular complexity index is 1100. The third-order valence-corrected chi connectivity index (χ3v) is 5.75. The van der Waals surface area contributed by atoms with E-state index >= 15 is 0 Å². The molecule has 0 atom stereocenters. The summed E-state index contributed by atoms with van der Waals surface area (Å²) in [5.41, 5.74) is 2.62. The predicted molar refractivity (Wildman–Crippen MR) is 131 cm³/mol. The fraction of sp³-hybridized carbons (Fsp3) is 0.304. The predicted octanol–water partition coefficient (Wildman–Crippen LogP) is 4.75. The number of nitrogens with one attached hydrogen (secondary N) is 2. The summed E-state index contributed by atoms with van der Waals surface area (Å²) in [5.74, 6) is 0.662. The van der Waals surface area contributed by atoms with Crippen molar-refractivity contribution in [1.82, 2.24) is 14.7 Å². The molecule has 1 aromatic heterocycles. The first kappa shape index (κ1) is 23.4. The molecule has 1 fully saturated rings. The number of carbonyl (C=O) groups excluding carboxylic acids is 1. The molecule has 0 radical (unpaired) electrons. The summed E-state index contributed by atoms with van der Waals surface area (Å²) in [6, 6.07) is 12.0. The Kier molecular flexibility index (Phi) is 7.72. The maximum Gasteiger partial charge on any atom is 0.323 e. The molecule has 1 aliphatic heterocycles. The van der Waals surface area contributed by atoms with Crippen molar-refractivity contribution < 1.29 is 14.3 Å². The van der Waals surface area contributed by atoms with Crippen molar-refractivity contribution >= 4 is 40.6 Å². The van der Waals surface area contributed by atoms with Gasteiger partial charge in [-0.05, 0) is 36.4 Å². The molecule has 0 aliphatic carbocycles. The van der Waals surface area contributed by atoms with Gasteiger partial charge in [0.1, 0.15) is 12.4 Å². The molecule has 2 amide bonds. The van der Waals surface area contributed by atoms with Crippen LogP contribution in [0.1, 0.15) is 0 Å². The number of nitrogens with zero attached hydrogens (tertiary/aromatic N) is 3. The zero-order chi connectivity index (χ0) is 23.2. The lowest BCUT2D eigenvalue weighted by molar-refractivity contribution is 0.0323. The highest BCUT2D eigenvalue weighted by molar-refractivity contribution is 6.33. The average Bonchev–Trinajstić information content (AvgIpc) is 3.13. The third kappa shape index (κ3) is 6.17. The molecule has 2 N–H and O–H groups in total. The van der Waals surface area contributed by atoms with E-state index < -0.39 is 0 Å². The van der Waals surface area contributed by atoms with Crippen LogP contribution in [0.3, 0.4) is 0 Å². The van der Waals surface area contributed by atoms with Gasteiger partial charge in [-0.25, -0.2) is 4.79 Å². The van der Waals surface area contributed by atoms with Crippen molar-refractivity contribution in [3.63, 3.8) is 0 Å². The van der Waals surface area contributed by atoms with Crippen LogP contribution in [0.15, 0.2) is 48.7 Å². The number of hydrogen-bond acceptors (Lipinski definition) is 5. The Hall–Kier alpha value is -2.78. The average molecular weight is 490 g/mol. The van der Waals surface area contributed by atoms with Crippen LogP contribution in [-0.2, 0) is 11.8 Å². The first-order valence-electron chi connectivity index (χ1n) is 10.6. The second-order valence-corrected chi connectivity index (χ2v) is 8.41. The zero-order valence-corrected chi connectivity index (χ0v) is 19.7. The first-order valence-corrected chi connectivity index (χ1v) is 11.3. The summed E-state index contributed by atoms with van der Waals surface area (Å²) in [6.45, 7) is 4.60. The van der Waals surface area contributed by atoms with Crippen LogP contribution in [0.2, 0.25) is 10.0 Å². The molecule has 33 heavy (non-hydrogen) atoms. The first-order chi connectivity index (χ1) is 16.0. The molecular formula is C23H25Cl2N5O3. The van der Waals surface area contributed by atoms with Crippen LogP contribution in [0.25, 0.3) is 11.3 Å². The number of anilines is 2. The monoisotopic (exact) mass is 489 g/mol. The van der Waals surface area contributed by atoms with E-state index in [-0.39, 0.29) is 6.03 Å². The van der Waals surface area contributed by atoms with E-state index in [0.717, 1.165) is 38.4 Å². The maximum absolute atomic E-state index is 12.5. The number of benzene rings is 2. The number of urea groups is 1. The minimum Gasteiger partial charge on any atom is -0.492 e. The zero-order valence-electron chi connectivity index (χ0n) is 18.2. The SMILES string of the molecule is Cn1ncc(Cl)c1-c1cc(NC(=O)Nc2cccc(Cl)c2)ccc1OCCN1CCOCC1. The van der Waals surface area contributed by atoms with Crippen molar-refractivity contribution in [3.8, 4) is 17.0 Å². The molecular weight excluding hydrogens is 465 g/mol. The summed E-state index contributed by atoms with van der Waals surface area (Å²) < 4.78 is 13.2. The molecule has 174 valence electrons. The topological polar surface area (TPSA) is 80.7 Å². The van der Waals surface area contributed by atoms with Gasteiger partial charge in [-0.1, -0.05) is 29.3 Å². The van der Waals surface area contributed by atoms with Crippen LogP contribution < -0.4 is 15.4 Å². The van der Waals surface area contributed by atoms with Crippen LogP contribution in [-0.4, -0.2) is 60.2 Å². The lowest BCUT2D eigenvalue weighted by atomic mass is 10.1. The number of aromatic nitrogens is 2. The smallest absolute Gasteiger partial charge is 0.323 e. The van der Waals surface area contributed by atoms with Crippen molar-refractivity contribution in [2.75, 3.05) is 50.1 Å². The maximum atomic E-state index is 12.5. The van der Waals surface area contributed by atoms with Crippen molar-refractivity contribution in [2.24, 2.45) is 7.05 Å². The van der Waals surface area contributed by atoms with Crippen LogP contribution >= 0.6 is 23.2 Å². The summed E-state index contributed by atoms with van der Waals surface area (Å²) in [4.78, 5) is 14.8. The highest BCUT2D eigenvalue weighted by Gasteiger charge is 2.17. The van der Waals surface area contributed by atoms with E-state index in [2.05, 4.69) is 20.6 Å². The van der Waals surface area contributed by atoms with Crippen molar-refractivity contribution in [1.29, 1.82) is 0 Å². The molecule has 4 rings (SSSR count). The summed E-state index contributed by atoms with van der Waals surface area (Å²) in [5, 5.41) is 10.9. The fourth-order valence-electron chi connectivity index (χ4n) is 3.60. The Morgan fingerprint density at radius 3 is 2.58 bits per heavy atom. The summed E-state index contributed by atoms with van der Waals surface area (Å²) in [7, 11) is 1.81. The molecule has 1 saturated heterocycles. The Labute approximate surface area is 202 Å². The van der Waals surface area contributed by atoms with E-state index in [0.29, 0.717) is 39.5 Å².